The molecule has 6 heteroatoms. The summed E-state index contributed by atoms with van der Waals surface area (Å²) in [6, 6.07) is 16.8. The minimum Gasteiger partial charge on any atom is -0.478 e. The number of hydrogen-bond donors (Lipinski definition) is 2. The minimum absolute atomic E-state index is 0.0672. The van der Waals surface area contributed by atoms with Gasteiger partial charge >= 0.3 is 5.97 Å². The smallest absolute Gasteiger partial charge is 0.337 e. The second-order valence-electron chi connectivity index (χ2n) is 5.84. The van der Waals surface area contributed by atoms with Gasteiger partial charge in [0.1, 0.15) is 17.3 Å². The molecule has 0 bridgehead atoms. The molecule has 136 valence electrons. The molecule has 0 fully saturated rings. The van der Waals surface area contributed by atoms with E-state index >= 15 is 0 Å². The number of ether oxygens (including phenoxy) is 1. The number of nitrogens with one attached hydrogen (secondary N) is 1. The van der Waals surface area contributed by atoms with Crippen LogP contribution in [0.4, 0.5) is 10.1 Å². The second kappa shape index (κ2) is 7.70. The average Bonchev–Trinajstić information content (AvgIpc) is 2.64. The van der Waals surface area contributed by atoms with E-state index in [1.165, 1.54) is 36.4 Å². The summed E-state index contributed by atoms with van der Waals surface area (Å²) < 4.78 is 18.9. The van der Waals surface area contributed by atoms with Gasteiger partial charge in [0.2, 0.25) is 0 Å². The summed E-state index contributed by atoms with van der Waals surface area (Å²) >= 11 is 0. The molecule has 0 saturated carbocycles. The van der Waals surface area contributed by atoms with Crippen molar-refractivity contribution in [3.8, 4) is 11.5 Å². The third kappa shape index (κ3) is 4.30. The normalized spacial score (nSPS) is 10.3. The molecular formula is C21H16FNO4. The molecule has 27 heavy (non-hydrogen) atoms. The van der Waals surface area contributed by atoms with E-state index in [-0.39, 0.29) is 17.1 Å². The molecular weight excluding hydrogens is 349 g/mol. The topological polar surface area (TPSA) is 75.6 Å². The molecule has 2 N–H and O–H groups in total. The third-order valence-corrected chi connectivity index (χ3v) is 3.87. The van der Waals surface area contributed by atoms with Crippen molar-refractivity contribution in [3.05, 3.63) is 89.2 Å². The fourth-order valence-corrected chi connectivity index (χ4v) is 2.52. The van der Waals surface area contributed by atoms with Gasteiger partial charge in [0.05, 0.1) is 11.3 Å². The Morgan fingerprint density at radius 3 is 2.41 bits per heavy atom. The Bertz CT molecular complexity index is 1000. The summed E-state index contributed by atoms with van der Waals surface area (Å²) in [5.41, 5.74) is 1.03. The highest BCUT2D eigenvalue weighted by Gasteiger charge is 2.15. The van der Waals surface area contributed by atoms with Crippen molar-refractivity contribution in [3.63, 3.8) is 0 Å². The molecule has 3 aromatic rings. The summed E-state index contributed by atoms with van der Waals surface area (Å²) in [7, 11) is 0. The molecule has 0 atom stereocenters. The maximum atomic E-state index is 13.2. The van der Waals surface area contributed by atoms with Crippen molar-refractivity contribution >= 4 is 17.6 Å². The molecule has 3 rings (SSSR count). The lowest BCUT2D eigenvalue weighted by atomic mass is 10.1. The van der Waals surface area contributed by atoms with Crippen molar-refractivity contribution in [2.45, 2.75) is 6.92 Å². The number of rotatable bonds is 5. The maximum absolute atomic E-state index is 13.2. The van der Waals surface area contributed by atoms with Gasteiger partial charge in [0, 0.05) is 11.6 Å². The van der Waals surface area contributed by atoms with Gasteiger partial charge in [0.15, 0.2) is 0 Å². The molecule has 5 nitrogen and oxygen atoms in total. The number of carbonyl (C=O) groups is 2. The van der Waals surface area contributed by atoms with Crippen LogP contribution >= 0.6 is 0 Å². The number of halogens is 1. The van der Waals surface area contributed by atoms with E-state index in [9.17, 15) is 19.1 Å². The van der Waals surface area contributed by atoms with Crippen molar-refractivity contribution in [1.29, 1.82) is 0 Å². The van der Waals surface area contributed by atoms with Gasteiger partial charge in [-0.25, -0.2) is 9.18 Å². The number of anilines is 1. The number of carboxylic acids is 1. The number of carbonyl (C=O) groups excluding carboxylic acids is 1. The molecule has 0 saturated heterocycles. The Labute approximate surface area is 155 Å². The molecule has 0 aliphatic heterocycles. The molecule has 0 heterocycles. The molecule has 0 spiro atoms. The number of aryl methyl sites for hydroxylation is 1. The van der Waals surface area contributed by atoms with E-state index in [0.717, 1.165) is 0 Å². The lowest BCUT2D eigenvalue weighted by molar-refractivity contribution is 0.0698. The maximum Gasteiger partial charge on any atom is 0.337 e. The molecule has 0 aromatic heterocycles. The second-order valence-corrected chi connectivity index (χ2v) is 5.84. The highest BCUT2D eigenvalue weighted by atomic mass is 19.1. The summed E-state index contributed by atoms with van der Waals surface area (Å²) in [6.07, 6.45) is 0. The van der Waals surface area contributed by atoms with Crippen LogP contribution in [0.3, 0.4) is 0 Å². The zero-order valence-electron chi connectivity index (χ0n) is 14.4. The van der Waals surface area contributed by atoms with Gasteiger partial charge in [-0.1, -0.05) is 18.2 Å². The van der Waals surface area contributed by atoms with Crippen LogP contribution < -0.4 is 10.1 Å². The summed E-state index contributed by atoms with van der Waals surface area (Å²) in [4.78, 5) is 23.8. The highest BCUT2D eigenvalue weighted by molar-refractivity contribution is 6.07. The van der Waals surface area contributed by atoms with E-state index < -0.39 is 11.9 Å². The lowest BCUT2D eigenvalue weighted by Crippen LogP contribution is -2.14. The van der Waals surface area contributed by atoms with Crippen LogP contribution in [-0.2, 0) is 0 Å². The third-order valence-electron chi connectivity index (χ3n) is 3.87. The zero-order chi connectivity index (χ0) is 19.4. The number of aromatic carboxylic acids is 1. The monoisotopic (exact) mass is 365 g/mol. The van der Waals surface area contributed by atoms with Gasteiger partial charge in [-0.3, -0.25) is 4.79 Å². The Morgan fingerprint density at radius 1 is 1.00 bits per heavy atom. The Hall–Kier alpha value is -3.67. The van der Waals surface area contributed by atoms with Crippen molar-refractivity contribution < 1.29 is 23.8 Å². The van der Waals surface area contributed by atoms with E-state index in [1.54, 1.807) is 37.3 Å². The first-order valence-corrected chi connectivity index (χ1v) is 8.12. The van der Waals surface area contributed by atoms with E-state index in [1.807, 2.05) is 0 Å². The quantitative estimate of drug-likeness (QED) is 0.676. The van der Waals surface area contributed by atoms with Crippen molar-refractivity contribution in [1.82, 2.24) is 0 Å². The Balaban J connectivity index is 1.90. The fourth-order valence-electron chi connectivity index (χ4n) is 2.52. The number of amides is 1. The average molecular weight is 365 g/mol. The first-order valence-electron chi connectivity index (χ1n) is 8.12. The van der Waals surface area contributed by atoms with Crippen molar-refractivity contribution in [2.75, 3.05) is 5.32 Å². The van der Waals surface area contributed by atoms with Crippen LogP contribution in [0.1, 0.15) is 26.3 Å². The minimum atomic E-state index is -1.18. The van der Waals surface area contributed by atoms with Crippen LogP contribution in [0, 0.1) is 12.7 Å². The van der Waals surface area contributed by atoms with Gasteiger partial charge in [-0.15, -0.1) is 0 Å². The molecule has 0 aliphatic rings. The van der Waals surface area contributed by atoms with E-state index in [0.29, 0.717) is 22.6 Å². The predicted molar refractivity (Wildman–Crippen MR) is 99.0 cm³/mol. The first kappa shape index (κ1) is 18.1. The lowest BCUT2D eigenvalue weighted by Gasteiger charge is -2.13. The standard InChI is InChI=1S/C21H16FNO4/c1-13-11-15(22)7-10-19(13)27-16-8-9-17(21(25)26)18(12-16)23-20(24)14-5-3-2-4-6-14/h2-12H,1H3,(H,23,24)(H,25,26). The summed E-state index contributed by atoms with van der Waals surface area (Å²) in [6.45, 7) is 1.70. The number of benzene rings is 3. The van der Waals surface area contributed by atoms with Crippen LogP contribution in [0.2, 0.25) is 0 Å². The SMILES string of the molecule is Cc1cc(F)ccc1Oc1ccc(C(=O)O)c(NC(=O)c2ccccc2)c1. The molecule has 0 unspecified atom stereocenters. The molecule has 0 aliphatic carbocycles. The van der Waals surface area contributed by atoms with Gasteiger partial charge in [0.25, 0.3) is 5.91 Å². The van der Waals surface area contributed by atoms with Crippen molar-refractivity contribution in [2.24, 2.45) is 0 Å². The van der Waals surface area contributed by atoms with Gasteiger partial charge in [-0.05, 0) is 55.0 Å². The Morgan fingerprint density at radius 2 is 1.74 bits per heavy atom. The predicted octanol–water partition coefficient (Wildman–Crippen LogP) is 4.88. The van der Waals surface area contributed by atoms with Crippen LogP contribution in [0.5, 0.6) is 11.5 Å². The molecule has 1 amide bonds. The summed E-state index contributed by atoms with van der Waals surface area (Å²) in [5, 5.41) is 12.0. The van der Waals surface area contributed by atoms with E-state index in [2.05, 4.69) is 5.32 Å². The zero-order valence-corrected chi connectivity index (χ0v) is 14.4. The molecule has 0 radical (unpaired) electrons. The van der Waals surface area contributed by atoms with Crippen LogP contribution in [-0.4, -0.2) is 17.0 Å². The summed E-state index contributed by atoms with van der Waals surface area (Å²) in [5.74, 6) is -1.24. The van der Waals surface area contributed by atoms with Gasteiger partial charge < -0.3 is 15.2 Å². The number of carboxylic acid groups (broad SMARTS) is 1. The largest absolute Gasteiger partial charge is 0.478 e. The van der Waals surface area contributed by atoms with E-state index in [4.69, 9.17) is 4.74 Å². The van der Waals surface area contributed by atoms with Crippen LogP contribution in [0.25, 0.3) is 0 Å². The highest BCUT2D eigenvalue weighted by Crippen LogP contribution is 2.29. The Kier molecular flexibility index (Phi) is 5.17. The molecule has 3 aromatic carbocycles. The van der Waals surface area contributed by atoms with Gasteiger partial charge in [-0.2, -0.15) is 0 Å². The fraction of sp³-hybridized carbons (Fsp3) is 0.0476. The first-order chi connectivity index (χ1) is 12.9. The number of hydrogen-bond acceptors (Lipinski definition) is 3. The van der Waals surface area contributed by atoms with Crippen LogP contribution in [0.15, 0.2) is 66.7 Å².